The number of aryl methyl sites for hydroxylation is 1. The Hall–Kier alpha value is -1.68. The van der Waals surface area contributed by atoms with Crippen molar-refractivity contribution >= 4 is 11.6 Å². The zero-order valence-electron chi connectivity index (χ0n) is 10.6. The lowest BCUT2D eigenvalue weighted by molar-refractivity contribution is 0.404. The van der Waals surface area contributed by atoms with E-state index in [-0.39, 0.29) is 0 Å². The number of aromatic nitrogens is 2. The first kappa shape index (κ1) is 12.8. The van der Waals surface area contributed by atoms with Crippen molar-refractivity contribution < 1.29 is 9.47 Å². The Balaban J connectivity index is 2.56. The molecule has 0 saturated carbocycles. The van der Waals surface area contributed by atoms with Gasteiger partial charge in [-0.1, -0.05) is 0 Å². The van der Waals surface area contributed by atoms with Crippen molar-refractivity contribution in [3.63, 3.8) is 0 Å². The maximum absolute atomic E-state index is 5.78. The van der Waals surface area contributed by atoms with Gasteiger partial charge in [0.2, 0.25) is 0 Å². The number of halogens is 1. The minimum absolute atomic E-state index is 0.354. The molecule has 1 heterocycles. The number of nitrogens with zero attached hydrogens (tertiary/aromatic N) is 1. The second-order valence-corrected chi connectivity index (χ2v) is 4.12. The molecule has 2 rings (SSSR count). The second kappa shape index (κ2) is 5.31. The zero-order valence-corrected chi connectivity index (χ0v) is 11.3. The largest absolute Gasteiger partial charge is 0.497 e. The summed E-state index contributed by atoms with van der Waals surface area (Å²) in [6.45, 7) is 1.96. The van der Waals surface area contributed by atoms with E-state index >= 15 is 0 Å². The fraction of sp³-hybridized carbons (Fsp3) is 0.308. The number of ether oxygens (including phenoxy) is 2. The van der Waals surface area contributed by atoms with Crippen LogP contribution in [0.2, 0.25) is 0 Å². The van der Waals surface area contributed by atoms with Crippen LogP contribution in [-0.4, -0.2) is 24.2 Å². The molecule has 0 aliphatic rings. The van der Waals surface area contributed by atoms with Gasteiger partial charge in [-0.15, -0.1) is 11.6 Å². The number of rotatable bonds is 4. The van der Waals surface area contributed by atoms with Crippen molar-refractivity contribution in [1.82, 2.24) is 9.97 Å². The monoisotopic (exact) mass is 266 g/mol. The molecule has 0 aliphatic carbocycles. The maximum Gasteiger partial charge on any atom is 0.128 e. The third-order valence-corrected chi connectivity index (χ3v) is 2.98. The SMILES string of the molecule is COc1ccc(OC)c(-c2nc(CCl)[nH]c2C)c1. The Morgan fingerprint density at radius 3 is 2.61 bits per heavy atom. The topological polar surface area (TPSA) is 47.1 Å². The van der Waals surface area contributed by atoms with E-state index < -0.39 is 0 Å². The Morgan fingerprint density at radius 2 is 2.06 bits per heavy atom. The van der Waals surface area contributed by atoms with Crippen LogP contribution in [0.3, 0.4) is 0 Å². The first-order valence-electron chi connectivity index (χ1n) is 5.53. The number of aromatic amines is 1. The van der Waals surface area contributed by atoms with Gasteiger partial charge in [0.1, 0.15) is 17.3 Å². The molecule has 0 unspecified atom stereocenters. The second-order valence-electron chi connectivity index (χ2n) is 3.86. The van der Waals surface area contributed by atoms with Gasteiger partial charge in [0.15, 0.2) is 0 Å². The summed E-state index contributed by atoms with van der Waals surface area (Å²) in [6.07, 6.45) is 0. The van der Waals surface area contributed by atoms with E-state index in [1.807, 2.05) is 25.1 Å². The smallest absolute Gasteiger partial charge is 0.128 e. The summed E-state index contributed by atoms with van der Waals surface area (Å²) in [4.78, 5) is 7.60. The summed E-state index contributed by atoms with van der Waals surface area (Å²) in [5.74, 6) is 2.62. The van der Waals surface area contributed by atoms with Crippen LogP contribution in [0.25, 0.3) is 11.3 Å². The molecule has 0 saturated heterocycles. The predicted octanol–water partition coefficient (Wildman–Crippen LogP) is 3.14. The molecule has 1 aromatic heterocycles. The quantitative estimate of drug-likeness (QED) is 0.865. The van der Waals surface area contributed by atoms with Crippen LogP contribution in [0.5, 0.6) is 11.5 Å². The summed E-state index contributed by atoms with van der Waals surface area (Å²) in [6, 6.07) is 5.62. The van der Waals surface area contributed by atoms with E-state index in [1.54, 1.807) is 14.2 Å². The Morgan fingerprint density at radius 1 is 1.28 bits per heavy atom. The van der Waals surface area contributed by atoms with Crippen molar-refractivity contribution in [2.45, 2.75) is 12.8 Å². The normalized spacial score (nSPS) is 10.4. The first-order valence-corrected chi connectivity index (χ1v) is 6.07. The molecule has 0 bridgehead atoms. The number of hydrogen-bond acceptors (Lipinski definition) is 3. The molecule has 0 atom stereocenters. The molecular formula is C13H15ClN2O2. The highest BCUT2D eigenvalue weighted by Gasteiger charge is 2.14. The molecule has 5 heteroatoms. The number of alkyl halides is 1. The zero-order chi connectivity index (χ0) is 13.1. The van der Waals surface area contributed by atoms with Gasteiger partial charge in [-0.2, -0.15) is 0 Å². The van der Waals surface area contributed by atoms with Gasteiger partial charge in [0.05, 0.1) is 25.8 Å². The number of nitrogens with one attached hydrogen (secondary N) is 1. The number of imidazole rings is 1. The third-order valence-electron chi connectivity index (χ3n) is 2.72. The van der Waals surface area contributed by atoms with Crippen molar-refractivity contribution in [3.8, 4) is 22.8 Å². The Labute approximate surface area is 111 Å². The van der Waals surface area contributed by atoms with Crippen LogP contribution < -0.4 is 9.47 Å². The molecule has 1 N–H and O–H groups in total. The summed E-state index contributed by atoms with van der Waals surface area (Å²) >= 11 is 5.78. The molecule has 2 aromatic rings. The lowest BCUT2D eigenvalue weighted by Gasteiger charge is -2.09. The number of benzene rings is 1. The molecule has 0 aliphatic heterocycles. The summed E-state index contributed by atoms with van der Waals surface area (Å²) in [7, 11) is 3.27. The molecular weight excluding hydrogens is 252 g/mol. The summed E-state index contributed by atoms with van der Waals surface area (Å²) in [5.41, 5.74) is 2.68. The van der Waals surface area contributed by atoms with E-state index in [9.17, 15) is 0 Å². The van der Waals surface area contributed by atoms with Crippen molar-refractivity contribution in [2.24, 2.45) is 0 Å². The lowest BCUT2D eigenvalue weighted by Crippen LogP contribution is -1.91. The molecule has 4 nitrogen and oxygen atoms in total. The van der Waals surface area contributed by atoms with Gasteiger partial charge in [-0.3, -0.25) is 0 Å². The number of H-pyrrole nitrogens is 1. The molecule has 18 heavy (non-hydrogen) atoms. The number of methoxy groups -OCH3 is 2. The van der Waals surface area contributed by atoms with Crippen LogP contribution in [-0.2, 0) is 5.88 Å². The molecule has 0 spiro atoms. The minimum Gasteiger partial charge on any atom is -0.497 e. The fourth-order valence-corrected chi connectivity index (χ4v) is 1.97. The van der Waals surface area contributed by atoms with Gasteiger partial charge >= 0.3 is 0 Å². The minimum atomic E-state index is 0.354. The first-order chi connectivity index (χ1) is 8.69. The van der Waals surface area contributed by atoms with E-state index in [0.29, 0.717) is 5.88 Å². The Bertz CT molecular complexity index is 552. The van der Waals surface area contributed by atoms with Crippen LogP contribution >= 0.6 is 11.6 Å². The predicted molar refractivity (Wildman–Crippen MR) is 71.4 cm³/mol. The molecule has 96 valence electrons. The van der Waals surface area contributed by atoms with Crippen LogP contribution in [0.1, 0.15) is 11.5 Å². The van der Waals surface area contributed by atoms with Gasteiger partial charge in [0, 0.05) is 11.3 Å². The number of hydrogen-bond donors (Lipinski definition) is 1. The van der Waals surface area contributed by atoms with Gasteiger partial charge in [-0.25, -0.2) is 4.98 Å². The molecule has 0 radical (unpaired) electrons. The van der Waals surface area contributed by atoms with Gasteiger partial charge in [0.25, 0.3) is 0 Å². The van der Waals surface area contributed by atoms with Crippen LogP contribution in [0.4, 0.5) is 0 Å². The summed E-state index contributed by atoms with van der Waals surface area (Å²) < 4.78 is 10.6. The van der Waals surface area contributed by atoms with Crippen LogP contribution in [0, 0.1) is 6.92 Å². The molecule has 1 aromatic carbocycles. The average Bonchev–Trinajstić information content (AvgIpc) is 2.79. The van der Waals surface area contributed by atoms with E-state index in [2.05, 4.69) is 9.97 Å². The standard InChI is InChI=1S/C13H15ClN2O2/c1-8-13(16-12(7-14)15-8)10-6-9(17-2)4-5-11(10)18-3/h4-6H,7H2,1-3H3,(H,15,16). The average molecular weight is 267 g/mol. The third kappa shape index (κ3) is 2.29. The fourth-order valence-electron chi connectivity index (χ4n) is 1.85. The van der Waals surface area contributed by atoms with Crippen molar-refractivity contribution in [3.05, 3.63) is 29.7 Å². The highest BCUT2D eigenvalue weighted by molar-refractivity contribution is 6.16. The maximum atomic E-state index is 5.78. The van der Waals surface area contributed by atoms with E-state index in [4.69, 9.17) is 21.1 Å². The molecule has 0 amide bonds. The van der Waals surface area contributed by atoms with Crippen molar-refractivity contribution in [1.29, 1.82) is 0 Å². The van der Waals surface area contributed by atoms with E-state index in [1.165, 1.54) is 0 Å². The van der Waals surface area contributed by atoms with Gasteiger partial charge in [-0.05, 0) is 25.1 Å². The van der Waals surface area contributed by atoms with E-state index in [0.717, 1.165) is 34.3 Å². The van der Waals surface area contributed by atoms with Crippen molar-refractivity contribution in [2.75, 3.05) is 14.2 Å². The highest BCUT2D eigenvalue weighted by atomic mass is 35.5. The highest BCUT2D eigenvalue weighted by Crippen LogP contribution is 2.34. The lowest BCUT2D eigenvalue weighted by atomic mass is 10.1. The summed E-state index contributed by atoms with van der Waals surface area (Å²) in [5, 5.41) is 0. The molecule has 0 fully saturated rings. The van der Waals surface area contributed by atoms with Crippen LogP contribution in [0.15, 0.2) is 18.2 Å². The van der Waals surface area contributed by atoms with Gasteiger partial charge < -0.3 is 14.5 Å². The Kier molecular flexibility index (Phi) is 3.77.